The zero-order valence-electron chi connectivity index (χ0n) is 18.7. The molecule has 0 radical (unpaired) electrons. The van der Waals surface area contributed by atoms with Crippen LogP contribution in [0.2, 0.25) is 0 Å². The lowest BCUT2D eigenvalue weighted by atomic mass is 9.98. The average Bonchev–Trinajstić information content (AvgIpc) is 2.85. The molecule has 170 valence electrons. The first-order valence-electron chi connectivity index (χ1n) is 11.4. The van der Waals surface area contributed by atoms with E-state index in [2.05, 4.69) is 22.0 Å². The van der Waals surface area contributed by atoms with Crippen molar-refractivity contribution < 1.29 is 18.9 Å². The first-order chi connectivity index (χ1) is 15.8. The topological polar surface area (TPSA) is 76.8 Å². The molecule has 7 heteroatoms. The molecule has 4 rings (SSSR count). The van der Waals surface area contributed by atoms with Gasteiger partial charge >= 0.3 is 0 Å². The summed E-state index contributed by atoms with van der Waals surface area (Å²) < 4.78 is 22.9. The van der Waals surface area contributed by atoms with Gasteiger partial charge in [0, 0.05) is 36.8 Å². The molecule has 32 heavy (non-hydrogen) atoms. The van der Waals surface area contributed by atoms with Crippen molar-refractivity contribution >= 4 is 0 Å². The van der Waals surface area contributed by atoms with Crippen LogP contribution in [0.25, 0.3) is 11.1 Å². The molecule has 0 bridgehead atoms. The van der Waals surface area contributed by atoms with E-state index in [0.29, 0.717) is 18.9 Å². The number of benzene rings is 1. The van der Waals surface area contributed by atoms with Crippen molar-refractivity contribution in [3.05, 3.63) is 42.1 Å². The van der Waals surface area contributed by atoms with E-state index in [1.54, 1.807) is 13.3 Å². The fourth-order valence-electron chi connectivity index (χ4n) is 4.30. The summed E-state index contributed by atoms with van der Waals surface area (Å²) in [5.41, 5.74) is 3.07. The molecular weight excluding hydrogens is 406 g/mol. The zero-order valence-corrected chi connectivity index (χ0v) is 18.7. The summed E-state index contributed by atoms with van der Waals surface area (Å²) in [6, 6.07) is 12.6. The van der Waals surface area contributed by atoms with Crippen LogP contribution < -0.4 is 9.47 Å². The van der Waals surface area contributed by atoms with Gasteiger partial charge in [-0.3, -0.25) is 4.90 Å². The van der Waals surface area contributed by atoms with Crippen molar-refractivity contribution in [2.75, 3.05) is 40.0 Å². The molecule has 0 N–H and O–H groups in total. The van der Waals surface area contributed by atoms with E-state index in [-0.39, 0.29) is 12.2 Å². The number of methoxy groups -OCH3 is 1. The van der Waals surface area contributed by atoms with Crippen LogP contribution in [-0.2, 0) is 16.0 Å². The number of hydrogen-bond acceptors (Lipinski definition) is 7. The van der Waals surface area contributed by atoms with E-state index in [4.69, 9.17) is 18.9 Å². The summed E-state index contributed by atoms with van der Waals surface area (Å²) in [5.74, 6) is 1.54. The van der Waals surface area contributed by atoms with Crippen molar-refractivity contribution in [2.45, 2.75) is 38.5 Å². The Morgan fingerprint density at radius 1 is 1.22 bits per heavy atom. The monoisotopic (exact) mass is 437 g/mol. The number of nitrogens with zero attached hydrogens (tertiary/aromatic N) is 3. The average molecular weight is 438 g/mol. The van der Waals surface area contributed by atoms with Crippen LogP contribution in [0.4, 0.5) is 0 Å². The Morgan fingerprint density at radius 3 is 2.91 bits per heavy atom. The van der Waals surface area contributed by atoms with E-state index in [9.17, 15) is 5.26 Å². The Bertz CT molecular complexity index is 924. The maximum atomic E-state index is 9.37. The van der Waals surface area contributed by atoms with Gasteiger partial charge in [0.1, 0.15) is 5.75 Å². The molecule has 1 aromatic heterocycles. The number of rotatable bonds is 8. The number of piperidine rings is 1. The molecule has 2 aromatic rings. The summed E-state index contributed by atoms with van der Waals surface area (Å²) >= 11 is 0. The van der Waals surface area contributed by atoms with E-state index in [0.717, 1.165) is 74.6 Å². The molecule has 1 aromatic carbocycles. The second kappa shape index (κ2) is 11.3. The Morgan fingerprint density at radius 2 is 2.09 bits per heavy atom. The number of pyridine rings is 1. The lowest BCUT2D eigenvalue weighted by Crippen LogP contribution is -2.34. The van der Waals surface area contributed by atoms with Crippen molar-refractivity contribution in [3.63, 3.8) is 0 Å². The Kier molecular flexibility index (Phi) is 7.94. The summed E-state index contributed by atoms with van der Waals surface area (Å²) in [7, 11) is 1.63. The zero-order chi connectivity index (χ0) is 22.2. The minimum Gasteiger partial charge on any atom is -0.493 e. The molecule has 0 amide bonds. The van der Waals surface area contributed by atoms with Crippen molar-refractivity contribution in [1.29, 1.82) is 5.26 Å². The number of hydrogen-bond donors (Lipinski definition) is 0. The van der Waals surface area contributed by atoms with Crippen molar-refractivity contribution in [2.24, 2.45) is 5.92 Å². The predicted octanol–water partition coefficient (Wildman–Crippen LogP) is 4.02. The first kappa shape index (κ1) is 22.5. The van der Waals surface area contributed by atoms with E-state index in [1.807, 2.05) is 24.3 Å². The number of likely N-dealkylation sites (tertiary alicyclic amines) is 1. The second-order valence-corrected chi connectivity index (χ2v) is 8.25. The summed E-state index contributed by atoms with van der Waals surface area (Å²) in [6.07, 6.45) is 5.19. The van der Waals surface area contributed by atoms with Crippen LogP contribution in [0.15, 0.2) is 36.5 Å². The largest absolute Gasteiger partial charge is 0.493 e. The van der Waals surface area contributed by atoms with Crippen LogP contribution in [0.3, 0.4) is 0 Å². The van der Waals surface area contributed by atoms with Crippen LogP contribution >= 0.6 is 0 Å². The molecule has 7 nitrogen and oxygen atoms in total. The third-order valence-corrected chi connectivity index (χ3v) is 5.93. The minimum absolute atomic E-state index is 0.0929. The molecule has 2 aliphatic rings. The minimum atomic E-state index is -0.190. The van der Waals surface area contributed by atoms with Gasteiger partial charge in [0.05, 0.1) is 38.9 Å². The molecule has 2 saturated heterocycles. The third-order valence-electron chi connectivity index (χ3n) is 5.93. The van der Waals surface area contributed by atoms with Gasteiger partial charge in [-0.1, -0.05) is 6.07 Å². The normalized spacial score (nSPS) is 19.9. The van der Waals surface area contributed by atoms with Crippen molar-refractivity contribution in [1.82, 2.24) is 9.88 Å². The first-order valence-corrected chi connectivity index (χ1v) is 11.4. The van der Waals surface area contributed by atoms with Gasteiger partial charge in [-0.2, -0.15) is 5.26 Å². The van der Waals surface area contributed by atoms with Gasteiger partial charge in [0.15, 0.2) is 6.29 Å². The van der Waals surface area contributed by atoms with Gasteiger partial charge in [-0.15, -0.1) is 0 Å². The van der Waals surface area contributed by atoms with E-state index in [1.165, 1.54) is 0 Å². The lowest BCUT2D eigenvalue weighted by molar-refractivity contribution is -0.183. The van der Waals surface area contributed by atoms with Gasteiger partial charge in [-0.05, 0) is 55.6 Å². The highest BCUT2D eigenvalue weighted by atomic mass is 16.7. The van der Waals surface area contributed by atoms with Gasteiger partial charge in [0.2, 0.25) is 5.88 Å². The summed E-state index contributed by atoms with van der Waals surface area (Å²) in [6.45, 7) is 4.52. The standard InChI is InChI=1S/C25H31N3O4/c1-29-25-22(6-2-10-27-25)20-7-8-23(30-14-9-24-31-12-4-13-32-24)21(15-20)18-28-11-3-5-19(16-26)17-28/h2,6-8,10,15,19,24H,3-5,9,11-14,17-18H2,1H3. The molecule has 0 saturated carbocycles. The molecule has 0 spiro atoms. The highest BCUT2D eigenvalue weighted by Crippen LogP contribution is 2.33. The molecule has 1 unspecified atom stereocenters. The van der Waals surface area contributed by atoms with E-state index < -0.39 is 0 Å². The number of aromatic nitrogens is 1. The summed E-state index contributed by atoms with van der Waals surface area (Å²) in [4.78, 5) is 6.68. The maximum Gasteiger partial charge on any atom is 0.221 e. The van der Waals surface area contributed by atoms with Crippen LogP contribution in [0.1, 0.15) is 31.2 Å². The quantitative estimate of drug-likeness (QED) is 0.617. The molecule has 2 aliphatic heterocycles. The number of ether oxygens (including phenoxy) is 4. The molecule has 3 heterocycles. The highest BCUT2D eigenvalue weighted by Gasteiger charge is 2.21. The van der Waals surface area contributed by atoms with Crippen LogP contribution in [0, 0.1) is 17.2 Å². The molecule has 2 fully saturated rings. The second-order valence-electron chi connectivity index (χ2n) is 8.25. The fraction of sp³-hybridized carbons (Fsp3) is 0.520. The third kappa shape index (κ3) is 5.77. The van der Waals surface area contributed by atoms with E-state index >= 15 is 0 Å². The van der Waals surface area contributed by atoms with Gasteiger partial charge < -0.3 is 18.9 Å². The molecule has 0 aliphatic carbocycles. The van der Waals surface area contributed by atoms with Crippen LogP contribution in [0.5, 0.6) is 11.6 Å². The van der Waals surface area contributed by atoms with Crippen molar-refractivity contribution in [3.8, 4) is 28.8 Å². The Balaban J connectivity index is 1.53. The molecular formula is C25H31N3O4. The van der Waals surface area contributed by atoms with Crippen LogP contribution in [-0.4, -0.2) is 56.2 Å². The fourth-order valence-corrected chi connectivity index (χ4v) is 4.30. The SMILES string of the molecule is COc1ncccc1-c1ccc(OCCC2OCCCO2)c(CN2CCCC(C#N)C2)c1. The Hall–Kier alpha value is -2.66. The number of nitriles is 1. The maximum absolute atomic E-state index is 9.37. The summed E-state index contributed by atoms with van der Waals surface area (Å²) in [5, 5.41) is 9.37. The Labute approximate surface area is 189 Å². The van der Waals surface area contributed by atoms with Gasteiger partial charge in [-0.25, -0.2) is 4.98 Å². The predicted molar refractivity (Wildman–Crippen MR) is 120 cm³/mol. The smallest absolute Gasteiger partial charge is 0.221 e. The molecule has 1 atom stereocenters. The van der Waals surface area contributed by atoms with Gasteiger partial charge in [0.25, 0.3) is 0 Å². The highest BCUT2D eigenvalue weighted by molar-refractivity contribution is 5.70. The lowest BCUT2D eigenvalue weighted by Gasteiger charge is -2.30.